The topological polar surface area (TPSA) is 44.1 Å². The Balaban J connectivity index is 2.53. The Morgan fingerprint density at radius 1 is 1.73 bits per heavy atom. The van der Waals surface area contributed by atoms with Gasteiger partial charge in [-0.15, -0.1) is 0 Å². The Kier molecular flexibility index (Phi) is 4.68. The van der Waals surface area contributed by atoms with Crippen molar-refractivity contribution in [2.75, 3.05) is 12.0 Å². The van der Waals surface area contributed by atoms with Gasteiger partial charge in [-0.1, -0.05) is 0 Å². The Morgan fingerprint density at radius 3 is 3.00 bits per heavy atom. The number of thioether (sulfide) groups is 1. The first kappa shape index (κ1) is 12.1. The van der Waals surface area contributed by atoms with Crippen LogP contribution in [-0.4, -0.2) is 33.9 Å². The zero-order valence-electron chi connectivity index (χ0n) is 9.27. The molecule has 15 heavy (non-hydrogen) atoms. The molecular weight excluding hydrogens is 212 g/mol. The van der Waals surface area contributed by atoms with E-state index in [1.165, 1.54) is 6.20 Å². The molecule has 1 rings (SSSR count). The molecule has 0 aliphatic heterocycles. The van der Waals surface area contributed by atoms with Gasteiger partial charge in [-0.3, -0.25) is 4.68 Å². The van der Waals surface area contributed by atoms with Crippen LogP contribution in [0.3, 0.4) is 0 Å². The highest BCUT2D eigenvalue weighted by molar-refractivity contribution is 7.98. The molecule has 0 amide bonds. The summed E-state index contributed by atoms with van der Waals surface area (Å²) in [6, 6.07) is 0. The number of carbonyl (C=O) groups is 1. The summed E-state index contributed by atoms with van der Waals surface area (Å²) >= 11 is 1.66. The average Bonchev–Trinajstić information content (AvgIpc) is 2.66. The van der Waals surface area contributed by atoms with Crippen molar-refractivity contribution in [1.82, 2.24) is 9.78 Å². The monoisotopic (exact) mass is 228 g/mol. The lowest BCUT2D eigenvalue weighted by molar-refractivity contribution is 0.0386. The second-order valence-corrected chi connectivity index (χ2v) is 4.17. The van der Waals surface area contributed by atoms with Crippen molar-refractivity contribution in [1.29, 1.82) is 0 Å². The van der Waals surface area contributed by atoms with Gasteiger partial charge in [0.2, 0.25) is 0 Å². The number of hydrogen-bond acceptors (Lipinski definition) is 4. The molecule has 4 nitrogen and oxygen atoms in total. The number of carbonyl (C=O) groups excluding carboxylic acids is 1. The van der Waals surface area contributed by atoms with E-state index < -0.39 is 0 Å². The predicted molar refractivity (Wildman–Crippen MR) is 61.2 cm³/mol. The van der Waals surface area contributed by atoms with Gasteiger partial charge in [0.25, 0.3) is 0 Å². The predicted octanol–water partition coefficient (Wildman–Crippen LogP) is 1.81. The summed E-state index contributed by atoms with van der Waals surface area (Å²) in [5, 5.41) is 4.02. The van der Waals surface area contributed by atoms with Crippen LogP contribution in [0.4, 0.5) is 0 Å². The summed E-state index contributed by atoms with van der Waals surface area (Å²) in [6.45, 7) is 4.62. The Morgan fingerprint density at radius 2 is 2.47 bits per heavy atom. The largest absolute Gasteiger partial charge is 0.458 e. The van der Waals surface area contributed by atoms with Crippen LogP contribution in [0.2, 0.25) is 0 Å². The van der Waals surface area contributed by atoms with Crippen LogP contribution in [0.5, 0.6) is 0 Å². The molecule has 0 aliphatic carbocycles. The molecule has 0 saturated heterocycles. The van der Waals surface area contributed by atoms with E-state index in [1.54, 1.807) is 22.6 Å². The summed E-state index contributed by atoms with van der Waals surface area (Å²) in [6.07, 6.45) is 5.17. The smallest absolute Gasteiger partial charge is 0.341 e. The SMILES string of the molecule is CCn1cc(C(=O)OC(C)CSC)cn1. The normalized spacial score (nSPS) is 12.5. The van der Waals surface area contributed by atoms with Gasteiger partial charge in [0.15, 0.2) is 0 Å². The molecule has 0 fully saturated rings. The number of nitrogens with zero attached hydrogens (tertiary/aromatic N) is 2. The molecule has 1 aromatic rings. The fourth-order valence-corrected chi connectivity index (χ4v) is 1.70. The van der Waals surface area contributed by atoms with Crippen LogP contribution >= 0.6 is 11.8 Å². The van der Waals surface area contributed by atoms with Crippen LogP contribution < -0.4 is 0 Å². The zero-order valence-corrected chi connectivity index (χ0v) is 10.1. The second kappa shape index (κ2) is 5.80. The van der Waals surface area contributed by atoms with Crippen LogP contribution in [0.1, 0.15) is 24.2 Å². The van der Waals surface area contributed by atoms with E-state index in [0.717, 1.165) is 12.3 Å². The van der Waals surface area contributed by atoms with E-state index in [0.29, 0.717) is 5.56 Å². The summed E-state index contributed by atoms with van der Waals surface area (Å²) in [5.41, 5.74) is 0.518. The highest BCUT2D eigenvalue weighted by Crippen LogP contribution is 2.06. The first-order valence-electron chi connectivity index (χ1n) is 4.89. The van der Waals surface area contributed by atoms with E-state index in [-0.39, 0.29) is 12.1 Å². The maximum Gasteiger partial charge on any atom is 0.341 e. The molecule has 1 unspecified atom stereocenters. The highest BCUT2D eigenvalue weighted by atomic mass is 32.2. The summed E-state index contributed by atoms with van der Waals surface area (Å²) in [5.74, 6) is 0.518. The van der Waals surface area contributed by atoms with Crippen LogP contribution in [0.15, 0.2) is 12.4 Å². The third-order valence-electron chi connectivity index (χ3n) is 1.90. The number of esters is 1. The van der Waals surface area contributed by atoms with Crippen LogP contribution in [-0.2, 0) is 11.3 Å². The molecule has 0 aromatic carbocycles. The quantitative estimate of drug-likeness (QED) is 0.721. The van der Waals surface area contributed by atoms with Crippen molar-refractivity contribution < 1.29 is 9.53 Å². The second-order valence-electron chi connectivity index (χ2n) is 3.26. The summed E-state index contributed by atoms with van der Waals surface area (Å²) in [7, 11) is 0. The molecule has 0 aliphatic rings. The first-order valence-corrected chi connectivity index (χ1v) is 6.29. The fourth-order valence-electron chi connectivity index (χ4n) is 1.16. The van der Waals surface area contributed by atoms with Gasteiger partial charge in [0.1, 0.15) is 6.10 Å². The minimum Gasteiger partial charge on any atom is -0.458 e. The lowest BCUT2D eigenvalue weighted by atomic mass is 10.3. The van der Waals surface area contributed by atoms with E-state index in [2.05, 4.69) is 5.10 Å². The van der Waals surface area contributed by atoms with E-state index in [1.807, 2.05) is 20.1 Å². The molecule has 0 bridgehead atoms. The molecular formula is C10H16N2O2S. The fraction of sp³-hybridized carbons (Fsp3) is 0.600. The van der Waals surface area contributed by atoms with Crippen LogP contribution in [0.25, 0.3) is 0 Å². The third-order valence-corrected chi connectivity index (χ3v) is 2.71. The maximum atomic E-state index is 11.6. The van der Waals surface area contributed by atoms with Gasteiger partial charge in [-0.2, -0.15) is 16.9 Å². The number of aryl methyl sites for hydroxylation is 1. The van der Waals surface area contributed by atoms with Crippen molar-refractivity contribution in [3.63, 3.8) is 0 Å². The van der Waals surface area contributed by atoms with E-state index in [9.17, 15) is 4.79 Å². The maximum absolute atomic E-state index is 11.6. The molecule has 1 heterocycles. The number of aromatic nitrogens is 2. The van der Waals surface area contributed by atoms with E-state index in [4.69, 9.17) is 4.74 Å². The molecule has 84 valence electrons. The zero-order chi connectivity index (χ0) is 11.3. The van der Waals surface area contributed by atoms with Crippen molar-refractivity contribution in [3.05, 3.63) is 18.0 Å². The van der Waals surface area contributed by atoms with Gasteiger partial charge < -0.3 is 4.74 Å². The minimum atomic E-state index is -0.295. The molecule has 5 heteroatoms. The molecule has 0 saturated carbocycles. The van der Waals surface area contributed by atoms with Gasteiger partial charge in [0, 0.05) is 18.5 Å². The van der Waals surface area contributed by atoms with Crippen LogP contribution in [0, 0.1) is 0 Å². The highest BCUT2D eigenvalue weighted by Gasteiger charge is 2.13. The molecule has 0 spiro atoms. The standard InChI is InChI=1S/C10H16N2O2S/c1-4-12-6-9(5-11-12)10(13)14-8(2)7-15-3/h5-6,8H,4,7H2,1-3H3. The lowest BCUT2D eigenvalue weighted by Gasteiger charge is -2.10. The molecule has 0 radical (unpaired) electrons. The molecule has 0 N–H and O–H groups in total. The lowest BCUT2D eigenvalue weighted by Crippen LogP contribution is -2.16. The molecule has 1 atom stereocenters. The van der Waals surface area contributed by atoms with Crippen molar-refractivity contribution in [2.45, 2.75) is 26.5 Å². The third kappa shape index (κ3) is 3.58. The molecule has 1 aromatic heterocycles. The van der Waals surface area contributed by atoms with Crippen molar-refractivity contribution >= 4 is 17.7 Å². The Hall–Kier alpha value is -0.970. The summed E-state index contributed by atoms with van der Waals surface area (Å²) in [4.78, 5) is 11.6. The minimum absolute atomic E-state index is 0.0579. The van der Waals surface area contributed by atoms with E-state index >= 15 is 0 Å². The number of hydrogen-bond donors (Lipinski definition) is 0. The number of ether oxygens (including phenoxy) is 1. The summed E-state index contributed by atoms with van der Waals surface area (Å²) < 4.78 is 6.93. The van der Waals surface area contributed by atoms with Gasteiger partial charge in [-0.25, -0.2) is 4.79 Å². The van der Waals surface area contributed by atoms with Gasteiger partial charge in [0.05, 0.1) is 11.8 Å². The number of rotatable bonds is 5. The van der Waals surface area contributed by atoms with Gasteiger partial charge in [-0.05, 0) is 20.1 Å². The Bertz CT molecular complexity index is 325. The van der Waals surface area contributed by atoms with Crippen molar-refractivity contribution in [3.8, 4) is 0 Å². The first-order chi connectivity index (χ1) is 7.17. The average molecular weight is 228 g/mol. The Labute approximate surface area is 94.0 Å². The van der Waals surface area contributed by atoms with Crippen molar-refractivity contribution in [2.24, 2.45) is 0 Å². The van der Waals surface area contributed by atoms with Gasteiger partial charge >= 0.3 is 5.97 Å².